The second kappa shape index (κ2) is 8.67. The quantitative estimate of drug-likeness (QED) is 0.839. The molecule has 0 saturated heterocycles. The van der Waals surface area contributed by atoms with Gasteiger partial charge in [-0.25, -0.2) is 0 Å². The third kappa shape index (κ3) is 5.35. The summed E-state index contributed by atoms with van der Waals surface area (Å²) in [5, 5.41) is 14.8. The smallest absolute Gasteiger partial charge is 0.246 e. The molecule has 2 amide bonds. The van der Waals surface area contributed by atoms with Crippen LogP contribution in [0, 0.1) is 11.3 Å². The number of amides is 2. The highest BCUT2D eigenvalue weighted by molar-refractivity contribution is 5.96. The Labute approximate surface area is 153 Å². The van der Waals surface area contributed by atoms with Gasteiger partial charge in [-0.05, 0) is 42.8 Å². The van der Waals surface area contributed by atoms with Gasteiger partial charge in [-0.1, -0.05) is 18.2 Å². The Hall–Kier alpha value is -3.33. The second-order valence-electron chi connectivity index (χ2n) is 6.21. The molecule has 0 aromatic heterocycles. The molecule has 134 valence electrons. The Morgan fingerprint density at radius 1 is 1.12 bits per heavy atom. The molecule has 0 heterocycles. The topological polar surface area (TPSA) is 85.2 Å². The van der Waals surface area contributed by atoms with Crippen LogP contribution in [0.2, 0.25) is 0 Å². The number of likely N-dealkylation sites (N-methyl/N-ethyl adjacent to an activating group) is 1. The Balaban J connectivity index is 1.94. The molecule has 0 aliphatic carbocycles. The van der Waals surface area contributed by atoms with Gasteiger partial charge in [-0.2, -0.15) is 5.26 Å². The van der Waals surface area contributed by atoms with Crippen molar-refractivity contribution in [3.63, 3.8) is 0 Å². The molecule has 2 N–H and O–H groups in total. The van der Waals surface area contributed by atoms with Crippen LogP contribution in [0.1, 0.15) is 18.1 Å². The molecule has 0 radical (unpaired) electrons. The van der Waals surface area contributed by atoms with Crippen LogP contribution in [0.25, 0.3) is 0 Å². The molecular weight excluding hydrogens is 328 g/mol. The zero-order valence-corrected chi connectivity index (χ0v) is 15.1. The molecule has 2 aromatic rings. The summed E-state index contributed by atoms with van der Waals surface area (Å²) in [5.41, 5.74) is 2.78. The van der Waals surface area contributed by atoms with E-state index >= 15 is 0 Å². The Kier molecular flexibility index (Phi) is 6.34. The van der Waals surface area contributed by atoms with Gasteiger partial charge in [-0.3, -0.25) is 9.59 Å². The third-order valence-corrected chi connectivity index (χ3v) is 3.84. The van der Waals surface area contributed by atoms with E-state index in [1.54, 1.807) is 50.2 Å². The van der Waals surface area contributed by atoms with E-state index in [-0.39, 0.29) is 11.8 Å². The second-order valence-corrected chi connectivity index (χ2v) is 6.21. The van der Waals surface area contributed by atoms with Crippen molar-refractivity contribution < 1.29 is 9.59 Å². The number of carbonyl (C=O) groups excluding carboxylic acids is 2. The standard InChI is InChI=1S/C20H22N4O2/c1-14(20(26)23-18-6-4-5-16(11-18)13-21)22-17-9-7-15(8-10-17)12-19(25)24(2)3/h4-11,14,22H,12H2,1-3H3,(H,23,26). The number of nitrogens with zero attached hydrogens (tertiary/aromatic N) is 2. The summed E-state index contributed by atoms with van der Waals surface area (Å²) >= 11 is 0. The molecule has 2 aromatic carbocycles. The number of anilines is 2. The fourth-order valence-corrected chi connectivity index (χ4v) is 2.28. The lowest BCUT2D eigenvalue weighted by molar-refractivity contribution is -0.128. The van der Waals surface area contributed by atoms with Gasteiger partial charge in [0.05, 0.1) is 18.1 Å². The minimum absolute atomic E-state index is 0.0399. The number of hydrogen-bond donors (Lipinski definition) is 2. The average molecular weight is 350 g/mol. The fraction of sp³-hybridized carbons (Fsp3) is 0.250. The van der Waals surface area contributed by atoms with Gasteiger partial charge in [-0.15, -0.1) is 0 Å². The van der Waals surface area contributed by atoms with Gasteiger partial charge in [0.25, 0.3) is 0 Å². The van der Waals surface area contributed by atoms with Crippen LogP contribution >= 0.6 is 0 Å². The normalized spacial score (nSPS) is 11.2. The first-order valence-electron chi connectivity index (χ1n) is 8.25. The highest BCUT2D eigenvalue weighted by Crippen LogP contribution is 2.14. The van der Waals surface area contributed by atoms with Crippen molar-refractivity contribution in [2.45, 2.75) is 19.4 Å². The Bertz CT molecular complexity index is 822. The van der Waals surface area contributed by atoms with Crippen molar-refractivity contribution in [2.75, 3.05) is 24.7 Å². The predicted molar refractivity (Wildman–Crippen MR) is 102 cm³/mol. The Morgan fingerprint density at radius 3 is 2.42 bits per heavy atom. The van der Waals surface area contributed by atoms with Crippen molar-refractivity contribution in [1.29, 1.82) is 5.26 Å². The maximum Gasteiger partial charge on any atom is 0.246 e. The fourth-order valence-electron chi connectivity index (χ4n) is 2.28. The molecule has 6 heteroatoms. The first-order chi connectivity index (χ1) is 12.4. The number of rotatable bonds is 6. The molecule has 0 saturated carbocycles. The minimum Gasteiger partial charge on any atom is -0.374 e. The van der Waals surface area contributed by atoms with E-state index in [9.17, 15) is 9.59 Å². The molecule has 0 spiro atoms. The van der Waals surface area contributed by atoms with Crippen LogP contribution < -0.4 is 10.6 Å². The van der Waals surface area contributed by atoms with Crippen molar-refractivity contribution >= 4 is 23.2 Å². The van der Waals surface area contributed by atoms with Crippen molar-refractivity contribution in [3.05, 3.63) is 59.7 Å². The first-order valence-corrected chi connectivity index (χ1v) is 8.25. The number of hydrogen-bond acceptors (Lipinski definition) is 4. The summed E-state index contributed by atoms with van der Waals surface area (Å²) in [6.07, 6.45) is 0.346. The van der Waals surface area contributed by atoms with E-state index in [4.69, 9.17) is 5.26 Å². The summed E-state index contributed by atoms with van der Waals surface area (Å²) in [6, 6.07) is 15.8. The molecule has 1 unspecified atom stereocenters. The minimum atomic E-state index is -0.463. The highest BCUT2D eigenvalue weighted by Gasteiger charge is 2.13. The van der Waals surface area contributed by atoms with E-state index in [0.717, 1.165) is 11.3 Å². The van der Waals surface area contributed by atoms with Crippen molar-refractivity contribution in [2.24, 2.45) is 0 Å². The maximum atomic E-state index is 12.3. The molecule has 0 bridgehead atoms. The van der Waals surface area contributed by atoms with Crippen molar-refractivity contribution in [1.82, 2.24) is 4.90 Å². The van der Waals surface area contributed by atoms with E-state index in [0.29, 0.717) is 17.7 Å². The van der Waals surface area contributed by atoms with E-state index in [1.807, 2.05) is 30.3 Å². The predicted octanol–water partition coefficient (Wildman–Crippen LogP) is 2.63. The van der Waals surface area contributed by atoms with E-state index in [1.165, 1.54) is 0 Å². The summed E-state index contributed by atoms with van der Waals surface area (Å²) in [4.78, 5) is 25.6. The van der Waals surface area contributed by atoms with Gasteiger partial charge in [0.2, 0.25) is 11.8 Å². The van der Waals surface area contributed by atoms with Crippen LogP contribution in [-0.4, -0.2) is 36.9 Å². The zero-order chi connectivity index (χ0) is 19.1. The summed E-state index contributed by atoms with van der Waals surface area (Å²) in [5.74, 6) is -0.162. The average Bonchev–Trinajstić information content (AvgIpc) is 2.63. The van der Waals surface area contributed by atoms with Crippen LogP contribution in [0.4, 0.5) is 11.4 Å². The lowest BCUT2D eigenvalue weighted by Gasteiger charge is -2.16. The zero-order valence-electron chi connectivity index (χ0n) is 15.1. The first kappa shape index (κ1) is 19.0. The van der Waals surface area contributed by atoms with Gasteiger partial charge in [0, 0.05) is 25.5 Å². The maximum absolute atomic E-state index is 12.3. The number of nitriles is 1. The van der Waals surface area contributed by atoms with Gasteiger partial charge >= 0.3 is 0 Å². The Morgan fingerprint density at radius 2 is 1.81 bits per heavy atom. The van der Waals surface area contributed by atoms with E-state index < -0.39 is 6.04 Å². The van der Waals surface area contributed by atoms with Crippen LogP contribution in [-0.2, 0) is 16.0 Å². The summed E-state index contributed by atoms with van der Waals surface area (Å²) < 4.78 is 0. The van der Waals surface area contributed by atoms with Gasteiger partial charge in [0.15, 0.2) is 0 Å². The molecule has 26 heavy (non-hydrogen) atoms. The number of nitrogens with one attached hydrogen (secondary N) is 2. The van der Waals surface area contributed by atoms with Crippen LogP contribution in [0.5, 0.6) is 0 Å². The summed E-state index contributed by atoms with van der Waals surface area (Å²) in [6.45, 7) is 1.76. The van der Waals surface area contributed by atoms with Gasteiger partial charge in [0.1, 0.15) is 6.04 Å². The van der Waals surface area contributed by atoms with E-state index in [2.05, 4.69) is 10.6 Å². The third-order valence-electron chi connectivity index (χ3n) is 3.84. The molecule has 0 aliphatic rings. The molecular formula is C20H22N4O2. The number of carbonyl (C=O) groups is 2. The largest absolute Gasteiger partial charge is 0.374 e. The molecule has 6 nitrogen and oxygen atoms in total. The molecule has 0 fully saturated rings. The number of benzene rings is 2. The molecule has 1 atom stereocenters. The van der Waals surface area contributed by atoms with Gasteiger partial charge < -0.3 is 15.5 Å². The summed E-state index contributed by atoms with van der Waals surface area (Å²) in [7, 11) is 3.45. The molecule has 0 aliphatic heterocycles. The van der Waals surface area contributed by atoms with Crippen LogP contribution in [0.15, 0.2) is 48.5 Å². The lowest BCUT2D eigenvalue weighted by Crippen LogP contribution is -2.31. The van der Waals surface area contributed by atoms with Crippen LogP contribution in [0.3, 0.4) is 0 Å². The SMILES string of the molecule is CC(Nc1ccc(CC(=O)N(C)C)cc1)C(=O)Nc1cccc(C#N)c1. The highest BCUT2D eigenvalue weighted by atomic mass is 16.2. The monoisotopic (exact) mass is 350 g/mol. The lowest BCUT2D eigenvalue weighted by atomic mass is 10.1. The molecule has 2 rings (SSSR count). The van der Waals surface area contributed by atoms with Crippen molar-refractivity contribution in [3.8, 4) is 6.07 Å².